The Morgan fingerprint density at radius 2 is 1.84 bits per heavy atom. The van der Waals surface area contributed by atoms with Crippen molar-refractivity contribution in [2.45, 2.75) is 20.8 Å². The van der Waals surface area contributed by atoms with Gasteiger partial charge in [0.25, 0.3) is 0 Å². The van der Waals surface area contributed by atoms with Crippen molar-refractivity contribution in [2.24, 2.45) is 0 Å². The third-order valence-electron chi connectivity index (χ3n) is 2.82. The fraction of sp³-hybridized carbons (Fsp3) is 0.188. The van der Waals surface area contributed by atoms with Crippen molar-refractivity contribution in [3.05, 3.63) is 59.7 Å². The van der Waals surface area contributed by atoms with E-state index in [-0.39, 0.29) is 32.7 Å². The van der Waals surface area contributed by atoms with Crippen LogP contribution in [0.15, 0.2) is 43.1 Å². The number of hydrogen-bond donors (Lipinski definition) is 0. The topological polar surface area (TPSA) is 27.0 Å². The summed E-state index contributed by atoms with van der Waals surface area (Å²) >= 11 is 0. The Labute approximate surface area is 139 Å². The Morgan fingerprint density at radius 3 is 2.58 bits per heavy atom. The number of allylic oxidation sites excluding steroid dienone is 1. The van der Waals surface area contributed by atoms with E-state index < -0.39 is 0 Å². The Bertz CT molecular complexity index is 630. The smallest absolute Gasteiger partial charge is 0.0709 e. The summed E-state index contributed by atoms with van der Waals surface area (Å²) in [5.74, 6) is 0. The van der Waals surface area contributed by atoms with Gasteiger partial charge in [-0.1, -0.05) is 32.0 Å². The van der Waals surface area contributed by atoms with E-state index in [1.807, 2.05) is 45.2 Å². The molecular weight excluding hydrogens is 309 g/mol. The number of fused-ring (bicyclic) bond motifs is 2. The predicted octanol–water partition coefficient (Wildman–Crippen LogP) is 4.98. The summed E-state index contributed by atoms with van der Waals surface area (Å²) in [5, 5.41) is 5.39. The maximum atomic E-state index is 4.66. The van der Waals surface area contributed by atoms with Gasteiger partial charge in [0.2, 0.25) is 0 Å². The molecule has 0 fully saturated rings. The molecule has 1 radical (unpaired) electrons. The number of benzene rings is 1. The summed E-state index contributed by atoms with van der Waals surface area (Å²) < 4.78 is 0. The van der Waals surface area contributed by atoms with E-state index in [1.165, 1.54) is 0 Å². The molecule has 2 nitrogen and oxygen atoms in total. The van der Waals surface area contributed by atoms with Crippen molar-refractivity contribution >= 4 is 22.2 Å². The molecule has 0 bridgehead atoms. The molecule has 0 saturated carbocycles. The van der Waals surface area contributed by atoms with Crippen LogP contribution in [0.1, 0.15) is 32.0 Å². The van der Waals surface area contributed by atoms with Crippen LogP contribution in [0.4, 0.5) is 0 Å². The number of para-hydroxylation sites is 1. The number of hydrogen-bond acceptors (Lipinski definition) is 1. The first-order chi connectivity index (χ1) is 8.75. The normalized spacial score (nSPS) is 12.4. The van der Waals surface area contributed by atoms with Crippen LogP contribution in [0.3, 0.4) is 0 Å². The maximum Gasteiger partial charge on any atom is 0.0709 e. The minimum Gasteiger partial charge on any atom is -0.664 e. The van der Waals surface area contributed by atoms with Gasteiger partial charge in [0.1, 0.15) is 0 Å². The number of nitrogens with zero attached hydrogens (tertiary/aromatic N) is 2. The van der Waals surface area contributed by atoms with Gasteiger partial charge in [-0.25, -0.2) is 4.98 Å². The van der Waals surface area contributed by atoms with Crippen LogP contribution in [-0.2, 0) is 32.7 Å². The second kappa shape index (κ2) is 6.97. The maximum absolute atomic E-state index is 4.66. The van der Waals surface area contributed by atoms with Crippen LogP contribution >= 0.6 is 0 Å². The monoisotopic (exact) mass is 326 g/mol. The van der Waals surface area contributed by atoms with E-state index in [2.05, 4.69) is 29.0 Å². The Balaban J connectivity index is 0.000000576. The average molecular weight is 326 g/mol. The van der Waals surface area contributed by atoms with Crippen molar-refractivity contribution in [3.63, 3.8) is 0 Å². The molecule has 95 valence electrons. The molecule has 1 aromatic heterocycles. The second-order valence-electron chi connectivity index (χ2n) is 3.97. The molecule has 1 aliphatic rings. The summed E-state index contributed by atoms with van der Waals surface area (Å²) in [6.07, 6.45) is 1.83. The van der Waals surface area contributed by atoms with Gasteiger partial charge >= 0.3 is 0 Å². The first kappa shape index (κ1) is 16.1. The molecule has 3 heteroatoms. The molecule has 19 heavy (non-hydrogen) atoms. The van der Waals surface area contributed by atoms with Gasteiger partial charge < -0.3 is 5.32 Å². The summed E-state index contributed by atoms with van der Waals surface area (Å²) in [7, 11) is 0. The SMILES string of the molecule is C=C1[N-]C=C(C)c2nc3ccccc3cc21.CC.[Y]. The Kier molecular flexibility index (Phi) is 5.90. The van der Waals surface area contributed by atoms with Crippen LogP contribution in [0.2, 0.25) is 0 Å². The summed E-state index contributed by atoms with van der Waals surface area (Å²) in [4.78, 5) is 4.66. The van der Waals surface area contributed by atoms with Crippen LogP contribution in [0.5, 0.6) is 0 Å². The minimum absolute atomic E-state index is 0. The molecule has 0 aliphatic carbocycles. The quantitative estimate of drug-likeness (QED) is 0.671. The van der Waals surface area contributed by atoms with Gasteiger partial charge in [-0.05, 0) is 30.2 Å². The van der Waals surface area contributed by atoms with Crippen molar-refractivity contribution in [1.82, 2.24) is 4.98 Å². The minimum atomic E-state index is 0. The first-order valence-electron chi connectivity index (χ1n) is 6.23. The molecule has 0 atom stereocenters. The van der Waals surface area contributed by atoms with E-state index in [0.29, 0.717) is 0 Å². The van der Waals surface area contributed by atoms with Crippen LogP contribution in [0, 0.1) is 0 Å². The number of aromatic nitrogens is 1. The Morgan fingerprint density at radius 1 is 1.16 bits per heavy atom. The van der Waals surface area contributed by atoms with Crippen molar-refractivity contribution < 1.29 is 32.7 Å². The zero-order valence-corrected chi connectivity index (χ0v) is 14.5. The zero-order chi connectivity index (χ0) is 13.1. The molecule has 0 N–H and O–H groups in total. The van der Waals surface area contributed by atoms with Crippen LogP contribution in [0.25, 0.3) is 27.5 Å². The molecular formula is C16H17N2Y-. The molecule has 1 aliphatic heterocycles. The standard InChI is InChI=1S/C14H11N2.C2H6.Y/c1-9-8-15-10(2)12-7-11-5-3-4-6-13(11)16-14(9)12;1-2;/h3-8H,2H2,1H3;1-2H3;/q-1;;. The molecule has 2 heterocycles. The molecule has 0 amide bonds. The van der Waals surface area contributed by atoms with Gasteiger partial charge in [0.05, 0.1) is 11.2 Å². The van der Waals surface area contributed by atoms with Gasteiger partial charge in [0.15, 0.2) is 0 Å². The second-order valence-corrected chi connectivity index (χ2v) is 3.97. The summed E-state index contributed by atoms with van der Waals surface area (Å²) in [5.41, 5.74) is 4.94. The summed E-state index contributed by atoms with van der Waals surface area (Å²) in [6.45, 7) is 9.97. The van der Waals surface area contributed by atoms with Gasteiger partial charge in [-0.15, -0.1) is 12.3 Å². The summed E-state index contributed by atoms with van der Waals surface area (Å²) in [6, 6.07) is 10.2. The van der Waals surface area contributed by atoms with Crippen LogP contribution < -0.4 is 0 Å². The molecule has 1 aromatic carbocycles. The largest absolute Gasteiger partial charge is 0.664 e. The molecule has 0 unspecified atom stereocenters. The van der Waals surface area contributed by atoms with E-state index in [1.54, 1.807) is 0 Å². The third kappa shape index (κ3) is 3.13. The molecule has 2 aromatic rings. The fourth-order valence-corrected chi connectivity index (χ4v) is 1.94. The van der Waals surface area contributed by atoms with Crippen LogP contribution in [-0.4, -0.2) is 4.98 Å². The van der Waals surface area contributed by atoms with Gasteiger partial charge in [0, 0.05) is 38.1 Å². The fourth-order valence-electron chi connectivity index (χ4n) is 1.94. The molecule has 0 spiro atoms. The van der Waals surface area contributed by atoms with Gasteiger partial charge in [-0.2, -0.15) is 6.20 Å². The van der Waals surface area contributed by atoms with E-state index >= 15 is 0 Å². The van der Waals surface area contributed by atoms with Gasteiger partial charge in [-0.3, -0.25) is 0 Å². The molecule has 0 saturated heterocycles. The first-order valence-corrected chi connectivity index (χ1v) is 6.23. The van der Waals surface area contributed by atoms with E-state index in [9.17, 15) is 0 Å². The zero-order valence-electron chi connectivity index (χ0n) is 11.6. The van der Waals surface area contributed by atoms with Crippen molar-refractivity contribution in [1.29, 1.82) is 0 Å². The number of pyridine rings is 1. The number of rotatable bonds is 0. The molecule has 3 rings (SSSR count). The van der Waals surface area contributed by atoms with E-state index in [0.717, 1.165) is 33.4 Å². The Hall–Kier alpha value is -0.986. The third-order valence-corrected chi connectivity index (χ3v) is 2.82. The van der Waals surface area contributed by atoms with Crippen molar-refractivity contribution in [2.75, 3.05) is 0 Å². The predicted molar refractivity (Wildman–Crippen MR) is 79.1 cm³/mol. The van der Waals surface area contributed by atoms with Crippen molar-refractivity contribution in [3.8, 4) is 0 Å². The van der Waals surface area contributed by atoms with E-state index in [4.69, 9.17) is 0 Å². The average Bonchev–Trinajstić information content (AvgIpc) is 2.44.